The molecule has 1 N–H and O–H groups in total. The molecule has 1 amide bonds. The summed E-state index contributed by atoms with van der Waals surface area (Å²) in [5, 5.41) is 6.80. The van der Waals surface area contributed by atoms with Crippen molar-refractivity contribution in [3.63, 3.8) is 0 Å². The Morgan fingerprint density at radius 1 is 1.19 bits per heavy atom. The lowest BCUT2D eigenvalue weighted by Gasteiger charge is -2.17. The Morgan fingerprint density at radius 3 is 2.78 bits per heavy atom. The number of aryl methyl sites for hydroxylation is 1. The molecule has 0 aliphatic rings. The Bertz CT molecular complexity index is 862. The van der Waals surface area contributed by atoms with Crippen LogP contribution >= 0.6 is 0 Å². The Kier molecular flexibility index (Phi) is 6.14. The lowest BCUT2D eigenvalue weighted by atomic mass is 10.2. The Labute approximate surface area is 158 Å². The summed E-state index contributed by atoms with van der Waals surface area (Å²) in [7, 11) is 1.94. The predicted molar refractivity (Wildman–Crippen MR) is 102 cm³/mol. The van der Waals surface area contributed by atoms with Gasteiger partial charge in [-0.1, -0.05) is 24.6 Å². The number of aromatic nitrogens is 3. The molecule has 7 nitrogen and oxygen atoms in total. The van der Waals surface area contributed by atoms with Crippen molar-refractivity contribution in [3.05, 3.63) is 71.5 Å². The van der Waals surface area contributed by atoms with E-state index < -0.39 is 0 Å². The van der Waals surface area contributed by atoms with Crippen molar-refractivity contribution < 1.29 is 9.32 Å². The van der Waals surface area contributed by atoms with Crippen LogP contribution in [0.5, 0.6) is 0 Å². The lowest BCUT2D eigenvalue weighted by Crippen LogP contribution is -2.23. The van der Waals surface area contributed by atoms with E-state index in [-0.39, 0.29) is 5.91 Å². The quantitative estimate of drug-likeness (QED) is 0.661. The largest absolute Gasteiger partial charge is 0.359 e. The van der Waals surface area contributed by atoms with E-state index in [0.29, 0.717) is 24.4 Å². The second-order valence-corrected chi connectivity index (χ2v) is 6.30. The van der Waals surface area contributed by atoms with Gasteiger partial charge in [0.2, 0.25) is 0 Å². The van der Waals surface area contributed by atoms with Crippen molar-refractivity contribution in [2.75, 3.05) is 11.9 Å². The van der Waals surface area contributed by atoms with Gasteiger partial charge in [-0.25, -0.2) is 4.98 Å². The van der Waals surface area contributed by atoms with Gasteiger partial charge in [-0.3, -0.25) is 9.78 Å². The molecule has 0 aromatic carbocycles. The fourth-order valence-corrected chi connectivity index (χ4v) is 2.64. The molecule has 140 valence electrons. The van der Waals surface area contributed by atoms with Crippen LogP contribution in [0.25, 0.3) is 0 Å². The van der Waals surface area contributed by atoms with Gasteiger partial charge in [0.25, 0.3) is 5.91 Å². The standard InChI is InChI=1S/C20H23N5O2/c1-3-6-16-11-18(27-24-16)13-23-20(26)15-8-9-19(22-12-15)25(2)14-17-7-4-5-10-21-17/h4-5,7-12H,3,6,13-14H2,1-2H3,(H,23,26). The molecule has 0 unspecified atom stereocenters. The van der Waals surface area contributed by atoms with Gasteiger partial charge < -0.3 is 14.7 Å². The van der Waals surface area contributed by atoms with Gasteiger partial charge in [-0.15, -0.1) is 0 Å². The molecular weight excluding hydrogens is 342 g/mol. The minimum atomic E-state index is -0.199. The maximum absolute atomic E-state index is 12.3. The molecule has 27 heavy (non-hydrogen) atoms. The molecule has 3 aromatic heterocycles. The summed E-state index contributed by atoms with van der Waals surface area (Å²) in [5.41, 5.74) is 2.36. The number of nitrogens with zero attached hydrogens (tertiary/aromatic N) is 4. The zero-order valence-electron chi connectivity index (χ0n) is 15.6. The number of nitrogens with one attached hydrogen (secondary N) is 1. The number of carbonyl (C=O) groups is 1. The van der Waals surface area contributed by atoms with Crippen molar-refractivity contribution in [2.24, 2.45) is 0 Å². The summed E-state index contributed by atoms with van der Waals surface area (Å²) in [4.78, 5) is 23.0. The second kappa shape index (κ2) is 8.93. The summed E-state index contributed by atoms with van der Waals surface area (Å²) < 4.78 is 5.22. The molecule has 0 radical (unpaired) electrons. The van der Waals surface area contributed by atoms with E-state index in [1.165, 1.54) is 0 Å². The summed E-state index contributed by atoms with van der Waals surface area (Å²) in [5.74, 6) is 1.22. The first-order valence-corrected chi connectivity index (χ1v) is 8.95. The van der Waals surface area contributed by atoms with Crippen molar-refractivity contribution >= 4 is 11.7 Å². The highest BCUT2D eigenvalue weighted by Gasteiger charge is 2.10. The number of anilines is 1. The number of hydrogen-bond acceptors (Lipinski definition) is 6. The molecule has 3 aromatic rings. The zero-order valence-corrected chi connectivity index (χ0v) is 15.6. The number of amides is 1. The van der Waals surface area contributed by atoms with Crippen molar-refractivity contribution in [1.29, 1.82) is 0 Å². The zero-order chi connectivity index (χ0) is 19.1. The molecule has 0 atom stereocenters. The highest BCUT2D eigenvalue weighted by Crippen LogP contribution is 2.12. The highest BCUT2D eigenvalue weighted by molar-refractivity contribution is 5.93. The highest BCUT2D eigenvalue weighted by atomic mass is 16.5. The Balaban J connectivity index is 1.54. The topological polar surface area (TPSA) is 84.2 Å². The van der Waals surface area contributed by atoms with Crippen LogP contribution in [-0.4, -0.2) is 28.1 Å². The second-order valence-electron chi connectivity index (χ2n) is 6.30. The van der Waals surface area contributed by atoms with Crippen molar-refractivity contribution in [1.82, 2.24) is 20.4 Å². The first-order valence-electron chi connectivity index (χ1n) is 8.95. The van der Waals surface area contributed by atoms with E-state index in [4.69, 9.17) is 4.52 Å². The maximum Gasteiger partial charge on any atom is 0.253 e. The fraction of sp³-hybridized carbons (Fsp3) is 0.300. The molecular formula is C20H23N5O2. The number of hydrogen-bond donors (Lipinski definition) is 1. The number of pyridine rings is 2. The number of rotatable bonds is 8. The summed E-state index contributed by atoms with van der Waals surface area (Å²) in [6.07, 6.45) is 5.21. The van der Waals surface area contributed by atoms with Gasteiger partial charge in [0, 0.05) is 25.5 Å². The summed E-state index contributed by atoms with van der Waals surface area (Å²) >= 11 is 0. The van der Waals surface area contributed by atoms with Gasteiger partial charge in [-0.2, -0.15) is 0 Å². The third-order valence-corrected chi connectivity index (χ3v) is 4.06. The SMILES string of the molecule is CCCc1cc(CNC(=O)c2ccc(N(C)Cc3ccccn3)nc2)on1. The Morgan fingerprint density at radius 2 is 2.07 bits per heavy atom. The molecule has 0 saturated carbocycles. The van der Waals surface area contributed by atoms with Crippen molar-refractivity contribution in [3.8, 4) is 0 Å². The lowest BCUT2D eigenvalue weighted by molar-refractivity contribution is 0.0946. The summed E-state index contributed by atoms with van der Waals surface area (Å²) in [6.45, 7) is 3.03. The predicted octanol–water partition coefficient (Wildman–Crippen LogP) is 2.98. The molecule has 3 rings (SSSR count). The van der Waals surface area contributed by atoms with Crippen LogP contribution < -0.4 is 10.2 Å². The van der Waals surface area contributed by atoms with Gasteiger partial charge in [-0.05, 0) is 30.7 Å². The minimum absolute atomic E-state index is 0.199. The molecule has 0 fully saturated rings. The minimum Gasteiger partial charge on any atom is -0.359 e. The third-order valence-electron chi connectivity index (χ3n) is 4.06. The van der Waals surface area contributed by atoms with E-state index in [2.05, 4.69) is 27.4 Å². The van der Waals surface area contributed by atoms with Gasteiger partial charge in [0.15, 0.2) is 5.76 Å². The van der Waals surface area contributed by atoms with Crippen LogP contribution in [0.2, 0.25) is 0 Å². The van der Waals surface area contributed by atoms with Gasteiger partial charge in [0.05, 0.1) is 30.0 Å². The van der Waals surface area contributed by atoms with Crippen LogP contribution in [0.1, 0.15) is 40.9 Å². The van der Waals surface area contributed by atoms with Gasteiger partial charge >= 0.3 is 0 Å². The van der Waals surface area contributed by atoms with E-state index >= 15 is 0 Å². The fourth-order valence-electron chi connectivity index (χ4n) is 2.64. The molecule has 0 bridgehead atoms. The normalized spacial score (nSPS) is 10.6. The van der Waals surface area contributed by atoms with E-state index in [1.54, 1.807) is 18.5 Å². The van der Waals surface area contributed by atoms with Crippen LogP contribution in [0.4, 0.5) is 5.82 Å². The van der Waals surface area contributed by atoms with Crippen molar-refractivity contribution in [2.45, 2.75) is 32.9 Å². The summed E-state index contributed by atoms with van der Waals surface area (Å²) in [6, 6.07) is 11.3. The van der Waals surface area contributed by atoms with Crippen LogP contribution in [0.15, 0.2) is 53.3 Å². The monoisotopic (exact) mass is 365 g/mol. The average Bonchev–Trinajstić information content (AvgIpc) is 3.15. The first-order chi connectivity index (χ1) is 13.2. The smallest absolute Gasteiger partial charge is 0.253 e. The maximum atomic E-state index is 12.3. The number of carbonyl (C=O) groups excluding carboxylic acids is 1. The van der Waals surface area contributed by atoms with E-state index in [1.807, 2.05) is 42.3 Å². The van der Waals surface area contributed by atoms with Gasteiger partial charge in [0.1, 0.15) is 5.82 Å². The van der Waals surface area contributed by atoms with Crippen LogP contribution in [0.3, 0.4) is 0 Å². The molecule has 7 heteroatoms. The van der Waals surface area contributed by atoms with Crippen LogP contribution in [0, 0.1) is 0 Å². The Hall–Kier alpha value is -3.22. The average molecular weight is 365 g/mol. The first kappa shape index (κ1) is 18.6. The molecule has 0 aliphatic carbocycles. The van der Waals surface area contributed by atoms with Crippen LogP contribution in [-0.2, 0) is 19.5 Å². The molecule has 0 aliphatic heterocycles. The molecule has 3 heterocycles. The molecule has 0 spiro atoms. The van der Waals surface area contributed by atoms with E-state index in [0.717, 1.165) is 30.0 Å². The third kappa shape index (κ3) is 5.13. The van der Waals surface area contributed by atoms with E-state index in [9.17, 15) is 4.79 Å². The molecule has 0 saturated heterocycles.